The summed E-state index contributed by atoms with van der Waals surface area (Å²) in [6, 6.07) is 8.59. The lowest BCUT2D eigenvalue weighted by molar-refractivity contribution is -0.0611. The van der Waals surface area contributed by atoms with Crippen molar-refractivity contribution >= 4 is 5.97 Å². The largest absolute Gasteiger partial charge is 0.459 e. The Morgan fingerprint density at radius 1 is 1.25 bits per heavy atom. The zero-order chi connectivity index (χ0) is 13.9. The maximum atomic E-state index is 11.9. The Kier molecular flexibility index (Phi) is 2.47. The number of benzene rings is 1. The van der Waals surface area contributed by atoms with Crippen LogP contribution in [0.5, 0.6) is 0 Å². The lowest BCUT2D eigenvalue weighted by Gasteiger charge is -2.25. The minimum absolute atomic E-state index is 0.0871. The molecule has 0 bridgehead atoms. The summed E-state index contributed by atoms with van der Waals surface area (Å²) in [5.41, 5.74) is -0.575. The molecule has 1 aromatic carbocycles. The van der Waals surface area contributed by atoms with E-state index in [2.05, 4.69) is 0 Å². The van der Waals surface area contributed by atoms with Gasteiger partial charge in [0.25, 0.3) is 0 Å². The van der Waals surface area contributed by atoms with E-state index in [1.54, 1.807) is 30.3 Å². The molecule has 1 aliphatic carbocycles. The number of fused-ring (bicyclic) bond motifs is 3. The number of carbonyl (C=O) groups excluding carboxylic acids is 1. The monoisotopic (exact) mass is 278 g/mol. The van der Waals surface area contributed by atoms with Gasteiger partial charge in [-0.2, -0.15) is 0 Å². The van der Waals surface area contributed by atoms with Gasteiger partial charge in [0.15, 0.2) is 5.60 Å². The summed E-state index contributed by atoms with van der Waals surface area (Å²) in [6.07, 6.45) is -2.93. The number of epoxide rings is 2. The molecule has 2 saturated heterocycles. The Morgan fingerprint density at radius 3 is 2.75 bits per heavy atom. The van der Waals surface area contributed by atoms with Crippen molar-refractivity contribution in [2.75, 3.05) is 6.61 Å². The fraction of sp³-hybridized carbons (Fsp3) is 0.500. The lowest BCUT2D eigenvalue weighted by atomic mass is 9.85. The molecule has 6 nitrogen and oxygen atoms in total. The molecule has 0 radical (unpaired) electrons. The van der Waals surface area contributed by atoms with Crippen LogP contribution in [0.25, 0.3) is 0 Å². The second-order valence-corrected chi connectivity index (χ2v) is 5.44. The van der Waals surface area contributed by atoms with Gasteiger partial charge >= 0.3 is 5.97 Å². The Labute approximate surface area is 114 Å². The van der Waals surface area contributed by atoms with Crippen molar-refractivity contribution in [2.24, 2.45) is 0 Å². The zero-order valence-corrected chi connectivity index (χ0v) is 10.5. The molecule has 2 heterocycles. The molecule has 4 rings (SSSR count). The molecule has 6 unspecified atom stereocenters. The highest BCUT2D eigenvalue weighted by atomic mass is 16.7. The maximum Gasteiger partial charge on any atom is 0.338 e. The van der Waals surface area contributed by atoms with Gasteiger partial charge in [-0.1, -0.05) is 18.2 Å². The van der Waals surface area contributed by atoms with Crippen molar-refractivity contribution in [1.82, 2.24) is 0 Å². The van der Waals surface area contributed by atoms with Gasteiger partial charge in [-0.15, -0.1) is 0 Å². The van der Waals surface area contributed by atoms with Gasteiger partial charge in [0.1, 0.15) is 37.1 Å². The van der Waals surface area contributed by atoms with Crippen molar-refractivity contribution in [3.8, 4) is 0 Å². The van der Waals surface area contributed by atoms with Gasteiger partial charge < -0.3 is 24.4 Å². The maximum absolute atomic E-state index is 11.9. The summed E-state index contributed by atoms with van der Waals surface area (Å²) in [5.74, 6) is -0.477. The van der Waals surface area contributed by atoms with Gasteiger partial charge in [-0.05, 0) is 12.1 Å². The quantitative estimate of drug-likeness (QED) is 0.571. The summed E-state index contributed by atoms with van der Waals surface area (Å²) in [6.45, 7) is -0.0871. The molecule has 1 aromatic rings. The van der Waals surface area contributed by atoms with Crippen molar-refractivity contribution in [1.29, 1.82) is 0 Å². The van der Waals surface area contributed by atoms with Crippen LogP contribution in [0.15, 0.2) is 30.3 Å². The Bertz CT molecular complexity index is 546. The highest BCUT2D eigenvalue weighted by Gasteiger charge is 2.78. The van der Waals surface area contributed by atoms with Crippen molar-refractivity contribution in [3.05, 3.63) is 35.9 Å². The smallest absolute Gasteiger partial charge is 0.338 e. The molecular weight excluding hydrogens is 264 g/mol. The van der Waals surface area contributed by atoms with E-state index in [0.29, 0.717) is 5.56 Å². The lowest BCUT2D eigenvalue weighted by Crippen LogP contribution is -2.51. The second-order valence-electron chi connectivity index (χ2n) is 5.44. The molecule has 0 amide bonds. The predicted octanol–water partition coefficient (Wildman–Crippen LogP) is -0.516. The van der Waals surface area contributed by atoms with Gasteiger partial charge in [-0.25, -0.2) is 4.79 Å². The van der Waals surface area contributed by atoms with E-state index in [-0.39, 0.29) is 24.9 Å². The number of hydrogen-bond donors (Lipinski definition) is 2. The average molecular weight is 278 g/mol. The van der Waals surface area contributed by atoms with E-state index in [9.17, 15) is 15.0 Å². The molecule has 0 aromatic heterocycles. The molecule has 106 valence electrons. The number of carbonyl (C=O) groups is 1. The van der Waals surface area contributed by atoms with Crippen LogP contribution in [0.4, 0.5) is 0 Å². The number of esters is 1. The van der Waals surface area contributed by atoms with Crippen LogP contribution in [0.3, 0.4) is 0 Å². The third kappa shape index (κ3) is 1.63. The number of aliphatic hydroxyl groups is 2. The first-order valence-corrected chi connectivity index (χ1v) is 6.55. The van der Waals surface area contributed by atoms with Crippen molar-refractivity contribution in [3.63, 3.8) is 0 Å². The molecule has 3 fully saturated rings. The molecule has 2 aliphatic heterocycles. The van der Waals surface area contributed by atoms with Crippen molar-refractivity contribution < 1.29 is 29.2 Å². The highest BCUT2D eigenvalue weighted by Crippen LogP contribution is 2.55. The van der Waals surface area contributed by atoms with E-state index in [1.807, 2.05) is 0 Å². The molecule has 2 N–H and O–H groups in total. The number of aliphatic hydroxyl groups excluding tert-OH is 2. The van der Waals surface area contributed by atoms with E-state index < -0.39 is 23.8 Å². The summed E-state index contributed by atoms with van der Waals surface area (Å²) >= 11 is 0. The summed E-state index contributed by atoms with van der Waals surface area (Å²) in [7, 11) is 0. The van der Waals surface area contributed by atoms with Crippen molar-refractivity contribution in [2.45, 2.75) is 36.1 Å². The number of rotatable bonds is 3. The second kappa shape index (κ2) is 4.02. The van der Waals surface area contributed by atoms with E-state index in [1.165, 1.54) is 0 Å². The molecule has 3 aliphatic rings. The first kappa shape index (κ1) is 12.3. The topological polar surface area (TPSA) is 91.8 Å². The Hall–Kier alpha value is -1.47. The standard InChI is InChI=1S/C14H14O6/c15-8-9-10(19-9)12-14(20-12,11(8)16)6-18-13(17)7-4-2-1-3-5-7/h1-5,8-12,15-16H,6H2. The first-order chi connectivity index (χ1) is 9.63. The summed E-state index contributed by atoms with van der Waals surface area (Å²) in [4.78, 5) is 11.9. The Balaban J connectivity index is 1.44. The number of ether oxygens (including phenoxy) is 3. The van der Waals surface area contributed by atoms with E-state index in [4.69, 9.17) is 14.2 Å². The summed E-state index contributed by atoms with van der Waals surface area (Å²) in [5, 5.41) is 19.9. The van der Waals surface area contributed by atoms with Crippen LogP contribution >= 0.6 is 0 Å². The third-order valence-corrected chi connectivity index (χ3v) is 4.23. The summed E-state index contributed by atoms with van der Waals surface area (Å²) < 4.78 is 15.9. The predicted molar refractivity (Wildman–Crippen MR) is 65.0 cm³/mol. The fourth-order valence-corrected chi connectivity index (χ4v) is 2.95. The molecule has 6 atom stereocenters. The minimum Gasteiger partial charge on any atom is -0.459 e. The van der Waals surface area contributed by atoms with Crippen LogP contribution < -0.4 is 0 Å². The molecule has 1 saturated carbocycles. The molecular formula is C14H14O6. The molecule has 0 spiro atoms. The SMILES string of the molecule is O=C(OCC12OC1C1OC1C(O)C2O)c1ccccc1. The van der Waals surface area contributed by atoms with E-state index in [0.717, 1.165) is 0 Å². The minimum atomic E-state index is -1.10. The average Bonchev–Trinajstić information content (AvgIpc) is 3.35. The molecule has 6 heteroatoms. The van der Waals surface area contributed by atoms with E-state index >= 15 is 0 Å². The van der Waals surface area contributed by atoms with Crippen LogP contribution in [0, 0.1) is 0 Å². The zero-order valence-electron chi connectivity index (χ0n) is 10.5. The fourth-order valence-electron chi connectivity index (χ4n) is 2.95. The van der Waals surface area contributed by atoms with Gasteiger partial charge in [0, 0.05) is 0 Å². The first-order valence-electron chi connectivity index (χ1n) is 6.55. The van der Waals surface area contributed by atoms with Gasteiger partial charge in [-0.3, -0.25) is 0 Å². The van der Waals surface area contributed by atoms with Gasteiger partial charge in [0.2, 0.25) is 0 Å². The van der Waals surface area contributed by atoms with Crippen LogP contribution in [0.2, 0.25) is 0 Å². The normalized spacial score (nSPS) is 44.2. The van der Waals surface area contributed by atoms with Gasteiger partial charge in [0.05, 0.1) is 5.56 Å². The van der Waals surface area contributed by atoms with Crippen LogP contribution in [-0.2, 0) is 14.2 Å². The van der Waals surface area contributed by atoms with Crippen LogP contribution in [-0.4, -0.2) is 58.9 Å². The third-order valence-electron chi connectivity index (χ3n) is 4.23. The Morgan fingerprint density at radius 2 is 2.00 bits per heavy atom. The highest BCUT2D eigenvalue weighted by molar-refractivity contribution is 5.89. The van der Waals surface area contributed by atoms with Crippen LogP contribution in [0.1, 0.15) is 10.4 Å². The number of hydrogen-bond acceptors (Lipinski definition) is 6. The molecule has 20 heavy (non-hydrogen) atoms.